The summed E-state index contributed by atoms with van der Waals surface area (Å²) in [6.45, 7) is 0. The maximum Gasteiger partial charge on any atom is 0.121 e. The maximum absolute atomic E-state index is 10.3. The Balaban J connectivity index is 1.89. The van der Waals surface area contributed by atoms with Crippen molar-refractivity contribution in [3.8, 4) is 0 Å². The van der Waals surface area contributed by atoms with Crippen molar-refractivity contribution in [2.45, 2.75) is 50.6 Å². The van der Waals surface area contributed by atoms with E-state index in [2.05, 4.69) is 5.32 Å². The largest absolute Gasteiger partial charge is 0.311 e. The van der Waals surface area contributed by atoms with Crippen molar-refractivity contribution in [3.05, 3.63) is 0 Å². The first-order chi connectivity index (χ1) is 5.90. The third kappa shape index (κ3) is 1.53. The van der Waals surface area contributed by atoms with E-state index in [1.54, 1.807) is 0 Å². The average Bonchev–Trinajstić information content (AvgIpc) is 2.47. The lowest BCUT2D eigenvalue weighted by Crippen LogP contribution is -2.33. The van der Waals surface area contributed by atoms with Gasteiger partial charge in [-0.05, 0) is 25.2 Å². The predicted octanol–water partition coefficient (Wildman–Crippen LogP) is 1.50. The first kappa shape index (κ1) is 8.24. The van der Waals surface area contributed by atoms with Crippen LogP contribution >= 0.6 is 0 Å². The lowest BCUT2D eigenvalue weighted by Gasteiger charge is -2.24. The molecule has 0 spiro atoms. The molecule has 0 bridgehead atoms. The van der Waals surface area contributed by atoms with Crippen molar-refractivity contribution >= 4 is 6.29 Å². The minimum Gasteiger partial charge on any atom is -0.311 e. The molecule has 3 atom stereocenters. The zero-order chi connectivity index (χ0) is 8.39. The molecule has 0 unspecified atom stereocenters. The highest BCUT2D eigenvalue weighted by Crippen LogP contribution is 2.33. The van der Waals surface area contributed by atoms with Gasteiger partial charge in [0.2, 0.25) is 0 Å². The van der Waals surface area contributed by atoms with E-state index in [9.17, 15) is 4.79 Å². The summed E-state index contributed by atoms with van der Waals surface area (Å²) in [5, 5.41) is 3.56. The Bertz CT molecular complexity index is 155. The molecule has 0 aromatic heterocycles. The Hall–Kier alpha value is -0.370. The van der Waals surface area contributed by atoms with E-state index < -0.39 is 0 Å². The fourth-order valence-electron chi connectivity index (χ4n) is 2.73. The van der Waals surface area contributed by atoms with Crippen LogP contribution in [0, 0.1) is 5.92 Å². The molecule has 2 rings (SSSR count). The first-order valence-corrected chi connectivity index (χ1v) is 5.10. The number of rotatable bonds is 2. The lowest BCUT2D eigenvalue weighted by molar-refractivity contribution is -0.108. The van der Waals surface area contributed by atoms with Gasteiger partial charge in [0.15, 0.2) is 0 Å². The summed E-state index contributed by atoms with van der Waals surface area (Å²) < 4.78 is 0. The van der Waals surface area contributed by atoms with Crippen molar-refractivity contribution in [1.82, 2.24) is 5.32 Å². The smallest absolute Gasteiger partial charge is 0.121 e. The third-order valence-corrected chi connectivity index (χ3v) is 3.33. The number of nitrogens with one attached hydrogen (secondary N) is 1. The van der Waals surface area contributed by atoms with Crippen molar-refractivity contribution in [3.63, 3.8) is 0 Å². The summed E-state index contributed by atoms with van der Waals surface area (Å²) in [6, 6.07) is 1.24. The molecule has 1 aliphatic carbocycles. The molecular weight excluding hydrogens is 150 g/mol. The number of hydrogen-bond acceptors (Lipinski definition) is 2. The molecule has 1 N–H and O–H groups in total. The van der Waals surface area contributed by atoms with Crippen LogP contribution in [-0.2, 0) is 4.79 Å². The average molecular weight is 167 g/mol. The molecule has 68 valence electrons. The lowest BCUT2D eigenvalue weighted by atomic mass is 9.85. The van der Waals surface area contributed by atoms with Gasteiger partial charge >= 0.3 is 0 Å². The molecule has 12 heavy (non-hydrogen) atoms. The summed E-state index contributed by atoms with van der Waals surface area (Å²) in [5.41, 5.74) is 0. The topological polar surface area (TPSA) is 29.1 Å². The van der Waals surface area contributed by atoms with Gasteiger partial charge in [-0.25, -0.2) is 0 Å². The molecule has 2 fully saturated rings. The van der Waals surface area contributed by atoms with E-state index in [-0.39, 0.29) is 0 Å². The van der Waals surface area contributed by atoms with Crippen molar-refractivity contribution < 1.29 is 4.79 Å². The van der Waals surface area contributed by atoms with Gasteiger partial charge in [0.25, 0.3) is 0 Å². The molecule has 2 nitrogen and oxygen atoms in total. The van der Waals surface area contributed by atoms with Gasteiger partial charge in [-0.1, -0.05) is 12.8 Å². The molecule has 0 aromatic rings. The molecule has 1 saturated heterocycles. The number of carbonyl (C=O) groups is 1. The predicted molar refractivity (Wildman–Crippen MR) is 48.0 cm³/mol. The van der Waals surface area contributed by atoms with Gasteiger partial charge in [-0.3, -0.25) is 0 Å². The Morgan fingerprint density at radius 3 is 2.92 bits per heavy atom. The second-order valence-corrected chi connectivity index (χ2v) is 4.15. The molecule has 1 aliphatic heterocycles. The zero-order valence-corrected chi connectivity index (χ0v) is 7.46. The monoisotopic (exact) mass is 167 g/mol. The zero-order valence-electron chi connectivity index (χ0n) is 7.46. The van der Waals surface area contributed by atoms with Crippen LogP contribution in [0.25, 0.3) is 0 Å². The molecule has 0 aromatic carbocycles. The minimum atomic E-state index is 0.496. The summed E-state index contributed by atoms with van der Waals surface area (Å²) in [4.78, 5) is 10.3. The van der Waals surface area contributed by atoms with Crippen molar-refractivity contribution in [2.24, 2.45) is 5.92 Å². The van der Waals surface area contributed by atoms with Crippen molar-refractivity contribution in [2.75, 3.05) is 0 Å². The number of fused-ring (bicyclic) bond motifs is 1. The van der Waals surface area contributed by atoms with E-state index in [0.717, 1.165) is 18.2 Å². The second-order valence-electron chi connectivity index (χ2n) is 4.15. The van der Waals surface area contributed by atoms with Gasteiger partial charge in [-0.2, -0.15) is 0 Å². The van der Waals surface area contributed by atoms with Crippen molar-refractivity contribution in [1.29, 1.82) is 0 Å². The van der Waals surface area contributed by atoms with E-state index >= 15 is 0 Å². The molecule has 2 heteroatoms. The van der Waals surface area contributed by atoms with Gasteiger partial charge in [0.05, 0.1) is 0 Å². The SMILES string of the molecule is O=CC[C@@H]1C[C@@H]2CCCC[C@@H]2N1. The number of aldehydes is 1. The van der Waals surface area contributed by atoms with Gasteiger partial charge in [-0.15, -0.1) is 0 Å². The minimum absolute atomic E-state index is 0.496. The van der Waals surface area contributed by atoms with Crippen LogP contribution in [0.2, 0.25) is 0 Å². The summed E-state index contributed by atoms with van der Waals surface area (Å²) >= 11 is 0. The fraction of sp³-hybridized carbons (Fsp3) is 0.900. The van der Waals surface area contributed by atoms with Crippen LogP contribution in [0.15, 0.2) is 0 Å². The van der Waals surface area contributed by atoms with Crippen LogP contribution in [-0.4, -0.2) is 18.4 Å². The highest BCUT2D eigenvalue weighted by molar-refractivity contribution is 5.50. The van der Waals surface area contributed by atoms with Crippen LogP contribution < -0.4 is 5.32 Å². The Kier molecular flexibility index (Phi) is 2.45. The summed E-state index contributed by atoms with van der Waals surface area (Å²) in [7, 11) is 0. The maximum atomic E-state index is 10.3. The van der Waals surface area contributed by atoms with Crippen LogP contribution in [0.3, 0.4) is 0 Å². The highest BCUT2D eigenvalue weighted by Gasteiger charge is 2.34. The van der Waals surface area contributed by atoms with Crippen LogP contribution in [0.5, 0.6) is 0 Å². The molecular formula is C10H17NO. The fourth-order valence-corrected chi connectivity index (χ4v) is 2.73. The second kappa shape index (κ2) is 3.56. The van der Waals surface area contributed by atoms with Gasteiger partial charge < -0.3 is 10.1 Å². The quantitative estimate of drug-likeness (QED) is 0.631. The van der Waals surface area contributed by atoms with Gasteiger partial charge in [0, 0.05) is 18.5 Å². The third-order valence-electron chi connectivity index (χ3n) is 3.33. The van der Waals surface area contributed by atoms with E-state index in [1.165, 1.54) is 32.1 Å². The Morgan fingerprint density at radius 2 is 2.17 bits per heavy atom. The molecule has 2 aliphatic rings. The van der Waals surface area contributed by atoms with Gasteiger partial charge in [0.1, 0.15) is 6.29 Å². The molecule has 1 heterocycles. The van der Waals surface area contributed by atoms with Crippen LogP contribution in [0.4, 0.5) is 0 Å². The Morgan fingerprint density at radius 1 is 1.33 bits per heavy atom. The van der Waals surface area contributed by atoms with Crippen LogP contribution in [0.1, 0.15) is 38.5 Å². The summed E-state index contributed by atoms with van der Waals surface area (Å²) in [6.07, 6.45) is 8.50. The molecule has 0 radical (unpaired) electrons. The standard InChI is InChI=1S/C10H17NO/c12-6-5-9-7-8-3-1-2-4-10(8)11-9/h6,8-11H,1-5,7H2/t8-,9+,10-/m0/s1. The highest BCUT2D eigenvalue weighted by atomic mass is 16.1. The number of hydrogen-bond donors (Lipinski definition) is 1. The van der Waals surface area contributed by atoms with E-state index in [4.69, 9.17) is 0 Å². The summed E-state index contributed by atoms with van der Waals surface area (Å²) in [5.74, 6) is 0.878. The van der Waals surface area contributed by atoms with E-state index in [1.807, 2.05) is 0 Å². The first-order valence-electron chi connectivity index (χ1n) is 5.10. The Labute approximate surface area is 73.7 Å². The molecule has 0 amide bonds. The molecule has 1 saturated carbocycles. The normalized spacial score (nSPS) is 40.8. The van der Waals surface area contributed by atoms with E-state index in [0.29, 0.717) is 12.5 Å². The number of carbonyl (C=O) groups excluding carboxylic acids is 1.